The molecule has 0 aliphatic rings. The minimum absolute atomic E-state index is 0.0742. The lowest BCUT2D eigenvalue weighted by atomic mass is 10.0. The maximum absolute atomic E-state index is 12.7. The number of rotatable bonds is 14. The van der Waals surface area contributed by atoms with E-state index in [-0.39, 0.29) is 23.3 Å². The molecule has 0 aromatic heterocycles. The van der Waals surface area contributed by atoms with Crippen molar-refractivity contribution < 1.29 is 17.9 Å². The van der Waals surface area contributed by atoms with Gasteiger partial charge >= 0.3 is 0 Å². The molecule has 2 rings (SSSR count). The molecule has 0 spiro atoms. The zero-order valence-corrected chi connectivity index (χ0v) is 21.2. The monoisotopic (exact) mass is 475 g/mol. The maximum Gasteiger partial charge on any atom is 0.243 e. The third-order valence-corrected chi connectivity index (χ3v) is 7.96. The predicted octanol–water partition coefficient (Wildman–Crippen LogP) is 3.58. The van der Waals surface area contributed by atoms with E-state index in [0.717, 1.165) is 24.4 Å². The van der Waals surface area contributed by atoms with Gasteiger partial charge in [-0.3, -0.25) is 9.69 Å². The maximum atomic E-state index is 12.7. The van der Waals surface area contributed by atoms with E-state index in [1.165, 1.54) is 16.4 Å². The van der Waals surface area contributed by atoms with Gasteiger partial charge in [-0.05, 0) is 42.9 Å². The first-order chi connectivity index (χ1) is 15.8. The number of hydrogen-bond donors (Lipinski definition) is 1. The average molecular weight is 476 g/mol. The number of hydrogen-bond acceptors (Lipinski definition) is 6. The van der Waals surface area contributed by atoms with Crippen LogP contribution in [0.4, 0.5) is 0 Å². The van der Waals surface area contributed by atoms with Crippen LogP contribution in [0.15, 0.2) is 53.4 Å². The van der Waals surface area contributed by atoms with Gasteiger partial charge in [0.05, 0.1) is 18.6 Å². The van der Waals surface area contributed by atoms with Crippen molar-refractivity contribution in [2.24, 2.45) is 0 Å². The number of sulfonamides is 1. The van der Waals surface area contributed by atoms with Crippen LogP contribution in [-0.2, 0) is 10.0 Å². The van der Waals surface area contributed by atoms with Crippen LogP contribution in [0.1, 0.15) is 49.7 Å². The number of Topliss-reactive ketones (excluding diaryl/α,β-unsaturated/α-hetero) is 1. The Morgan fingerprint density at radius 1 is 0.909 bits per heavy atom. The highest BCUT2D eigenvalue weighted by Crippen LogP contribution is 2.23. The molecule has 0 bridgehead atoms. The first kappa shape index (κ1) is 27.0. The smallest absolute Gasteiger partial charge is 0.243 e. The highest BCUT2D eigenvalue weighted by Gasteiger charge is 2.22. The third kappa shape index (κ3) is 6.86. The van der Waals surface area contributed by atoms with E-state index in [9.17, 15) is 13.2 Å². The lowest BCUT2D eigenvalue weighted by molar-refractivity contribution is 0.0986. The molecule has 8 heteroatoms. The average Bonchev–Trinajstić information content (AvgIpc) is 2.84. The second-order valence-corrected chi connectivity index (χ2v) is 9.62. The summed E-state index contributed by atoms with van der Waals surface area (Å²) < 4.78 is 31.9. The molecule has 0 fully saturated rings. The summed E-state index contributed by atoms with van der Waals surface area (Å²) in [6, 6.07) is 14.3. The lowest BCUT2D eigenvalue weighted by Gasteiger charge is -2.30. The molecule has 0 radical (unpaired) electrons. The van der Waals surface area contributed by atoms with Crippen molar-refractivity contribution in [2.45, 2.75) is 38.6 Å². The molecule has 7 nitrogen and oxygen atoms in total. The Bertz CT molecular complexity index is 968. The van der Waals surface area contributed by atoms with Gasteiger partial charge in [-0.2, -0.15) is 4.31 Å². The van der Waals surface area contributed by atoms with Gasteiger partial charge in [-0.1, -0.05) is 52.0 Å². The SMILES string of the molecule is CCN(CC)C(CNCC(=O)c1ccc(S(=O)(=O)N(CC)CC)cc1)c1ccc(OC)cc1. The number of ether oxygens (including phenoxy) is 1. The van der Waals surface area contributed by atoms with Crippen molar-refractivity contribution >= 4 is 15.8 Å². The number of carbonyl (C=O) groups is 1. The summed E-state index contributed by atoms with van der Waals surface area (Å²) >= 11 is 0. The Morgan fingerprint density at radius 3 is 1.97 bits per heavy atom. The van der Waals surface area contributed by atoms with E-state index in [0.29, 0.717) is 25.2 Å². The fraction of sp³-hybridized carbons (Fsp3) is 0.480. The molecular formula is C25H37N3O4S. The molecule has 1 unspecified atom stereocenters. The molecule has 33 heavy (non-hydrogen) atoms. The largest absolute Gasteiger partial charge is 0.497 e. The van der Waals surface area contributed by atoms with E-state index in [4.69, 9.17) is 4.74 Å². The van der Waals surface area contributed by atoms with Crippen LogP contribution in [-0.4, -0.2) is 69.8 Å². The van der Waals surface area contributed by atoms with E-state index in [2.05, 4.69) is 36.2 Å². The van der Waals surface area contributed by atoms with E-state index in [1.807, 2.05) is 26.0 Å². The molecule has 0 heterocycles. The third-order valence-electron chi connectivity index (χ3n) is 5.90. The number of benzene rings is 2. The van der Waals surface area contributed by atoms with Gasteiger partial charge in [0, 0.05) is 31.2 Å². The van der Waals surface area contributed by atoms with Crippen molar-refractivity contribution in [1.29, 1.82) is 0 Å². The van der Waals surface area contributed by atoms with Gasteiger partial charge in [0.2, 0.25) is 10.0 Å². The van der Waals surface area contributed by atoms with Crippen LogP contribution in [0.3, 0.4) is 0 Å². The number of likely N-dealkylation sites (N-methyl/N-ethyl adjacent to an activating group) is 1. The molecule has 0 amide bonds. The molecule has 0 aliphatic carbocycles. The normalized spacial score (nSPS) is 12.8. The number of methoxy groups -OCH3 is 1. The Morgan fingerprint density at radius 2 is 1.48 bits per heavy atom. The summed E-state index contributed by atoms with van der Waals surface area (Å²) in [4.78, 5) is 15.3. The first-order valence-corrected chi connectivity index (χ1v) is 13.0. The van der Waals surface area contributed by atoms with Gasteiger partial charge in [-0.25, -0.2) is 8.42 Å². The number of nitrogens with zero attached hydrogens (tertiary/aromatic N) is 2. The minimum atomic E-state index is -3.53. The number of carbonyl (C=O) groups excluding carboxylic acids is 1. The second-order valence-electron chi connectivity index (χ2n) is 7.68. The minimum Gasteiger partial charge on any atom is -0.497 e. The molecule has 182 valence electrons. The van der Waals surface area contributed by atoms with Gasteiger partial charge in [-0.15, -0.1) is 0 Å². The summed E-state index contributed by atoms with van der Waals surface area (Å²) in [5, 5.41) is 3.29. The number of ketones is 1. The first-order valence-electron chi connectivity index (χ1n) is 11.5. The molecule has 0 saturated carbocycles. The van der Waals surface area contributed by atoms with Gasteiger partial charge in [0.15, 0.2) is 5.78 Å². The van der Waals surface area contributed by atoms with E-state index >= 15 is 0 Å². The second kappa shape index (κ2) is 12.8. The quantitative estimate of drug-likeness (QED) is 0.421. The van der Waals surface area contributed by atoms with Crippen LogP contribution in [0.25, 0.3) is 0 Å². The van der Waals surface area contributed by atoms with Gasteiger partial charge in [0.1, 0.15) is 5.75 Å². The summed E-state index contributed by atoms with van der Waals surface area (Å²) in [5.41, 5.74) is 1.65. The summed E-state index contributed by atoms with van der Waals surface area (Å²) in [6.07, 6.45) is 0. The van der Waals surface area contributed by atoms with Crippen LogP contribution in [0.5, 0.6) is 5.75 Å². The molecule has 0 aliphatic heterocycles. The van der Waals surface area contributed by atoms with Crippen LogP contribution >= 0.6 is 0 Å². The Balaban J connectivity index is 2.05. The van der Waals surface area contributed by atoms with Crippen molar-refractivity contribution in [3.05, 3.63) is 59.7 Å². The highest BCUT2D eigenvalue weighted by molar-refractivity contribution is 7.89. The molecule has 2 aromatic rings. The molecule has 1 atom stereocenters. The van der Waals surface area contributed by atoms with E-state index in [1.54, 1.807) is 19.2 Å². The zero-order valence-electron chi connectivity index (χ0n) is 20.4. The number of nitrogens with one attached hydrogen (secondary N) is 1. The standard InChI is InChI=1S/C25H37N3O4S/c1-6-27(7-2)24(20-10-14-22(32-5)15-11-20)18-26-19-25(29)21-12-16-23(17-13-21)33(30,31)28(8-3)9-4/h10-17,24,26H,6-9,18-19H2,1-5H3. The van der Waals surface area contributed by atoms with Crippen LogP contribution in [0, 0.1) is 0 Å². The van der Waals surface area contributed by atoms with Crippen LogP contribution in [0.2, 0.25) is 0 Å². The van der Waals surface area contributed by atoms with Crippen molar-refractivity contribution in [2.75, 3.05) is 46.4 Å². The van der Waals surface area contributed by atoms with Crippen LogP contribution < -0.4 is 10.1 Å². The highest BCUT2D eigenvalue weighted by atomic mass is 32.2. The summed E-state index contributed by atoms with van der Waals surface area (Å²) in [7, 11) is -1.88. The zero-order chi connectivity index (χ0) is 24.4. The Kier molecular flexibility index (Phi) is 10.5. The van der Waals surface area contributed by atoms with E-state index < -0.39 is 10.0 Å². The van der Waals surface area contributed by atoms with Crippen molar-refractivity contribution in [1.82, 2.24) is 14.5 Å². The lowest BCUT2D eigenvalue weighted by Crippen LogP contribution is -2.37. The fourth-order valence-electron chi connectivity index (χ4n) is 3.90. The van der Waals surface area contributed by atoms with Crippen molar-refractivity contribution in [3.63, 3.8) is 0 Å². The van der Waals surface area contributed by atoms with Gasteiger partial charge in [0.25, 0.3) is 0 Å². The molecule has 2 aromatic carbocycles. The van der Waals surface area contributed by atoms with Crippen molar-refractivity contribution in [3.8, 4) is 5.75 Å². The molecular weight excluding hydrogens is 438 g/mol. The Hall–Kier alpha value is -2.26. The predicted molar refractivity (Wildman–Crippen MR) is 132 cm³/mol. The summed E-state index contributed by atoms with van der Waals surface area (Å²) in [5.74, 6) is 0.737. The molecule has 1 N–H and O–H groups in total. The fourth-order valence-corrected chi connectivity index (χ4v) is 5.36. The topological polar surface area (TPSA) is 79.0 Å². The Labute approximate surface area is 198 Å². The van der Waals surface area contributed by atoms with Gasteiger partial charge < -0.3 is 10.1 Å². The molecule has 0 saturated heterocycles. The summed E-state index contributed by atoms with van der Waals surface area (Å²) in [6.45, 7) is 11.3.